The number of rotatable bonds is 3. The van der Waals surface area contributed by atoms with E-state index in [2.05, 4.69) is 35.9 Å². The van der Waals surface area contributed by atoms with Crippen molar-refractivity contribution in [1.29, 1.82) is 0 Å². The lowest BCUT2D eigenvalue weighted by atomic mass is 10.1. The summed E-state index contributed by atoms with van der Waals surface area (Å²) < 4.78 is 0. The largest absolute Gasteiger partial charge is 0.387 e. The molecule has 1 aliphatic rings. The third-order valence-corrected chi connectivity index (χ3v) is 3.49. The molecule has 1 saturated heterocycles. The molecule has 1 aromatic rings. The molecule has 0 aliphatic carbocycles. The highest BCUT2D eigenvalue weighted by molar-refractivity contribution is 5.23. The normalized spacial score (nSPS) is 20.4. The van der Waals surface area contributed by atoms with Crippen molar-refractivity contribution in [2.75, 3.05) is 39.8 Å². The molecule has 0 spiro atoms. The Kier molecular flexibility index (Phi) is 4.15. The van der Waals surface area contributed by atoms with Crippen molar-refractivity contribution in [2.24, 2.45) is 0 Å². The Bertz CT molecular complexity index is 342. The smallest absolute Gasteiger partial charge is 0.0916 e. The Labute approximate surface area is 104 Å². The van der Waals surface area contributed by atoms with Gasteiger partial charge in [0.15, 0.2) is 0 Å². The number of aliphatic hydroxyl groups excluding tert-OH is 1. The minimum atomic E-state index is -0.362. The monoisotopic (exact) mass is 234 g/mol. The zero-order chi connectivity index (χ0) is 12.3. The van der Waals surface area contributed by atoms with Crippen molar-refractivity contribution >= 4 is 0 Å². The molecular formula is C14H22N2O. The van der Waals surface area contributed by atoms with Crippen LogP contribution in [-0.4, -0.2) is 54.7 Å². The Balaban J connectivity index is 1.88. The van der Waals surface area contributed by atoms with Gasteiger partial charge in [0.2, 0.25) is 0 Å². The highest BCUT2D eigenvalue weighted by atomic mass is 16.3. The molecule has 3 heteroatoms. The van der Waals surface area contributed by atoms with Gasteiger partial charge in [0.1, 0.15) is 0 Å². The Morgan fingerprint density at radius 1 is 1.12 bits per heavy atom. The molecule has 1 unspecified atom stereocenters. The van der Waals surface area contributed by atoms with E-state index in [0.29, 0.717) is 0 Å². The fraction of sp³-hybridized carbons (Fsp3) is 0.571. The van der Waals surface area contributed by atoms with Gasteiger partial charge >= 0.3 is 0 Å². The van der Waals surface area contributed by atoms with Crippen LogP contribution in [0.5, 0.6) is 0 Å². The number of hydrogen-bond acceptors (Lipinski definition) is 3. The van der Waals surface area contributed by atoms with E-state index in [4.69, 9.17) is 0 Å². The van der Waals surface area contributed by atoms with Gasteiger partial charge in [-0.3, -0.25) is 4.90 Å². The van der Waals surface area contributed by atoms with Gasteiger partial charge in [-0.05, 0) is 19.5 Å². The zero-order valence-corrected chi connectivity index (χ0v) is 10.8. The van der Waals surface area contributed by atoms with Crippen LogP contribution in [0.1, 0.15) is 17.2 Å². The molecule has 1 heterocycles. The van der Waals surface area contributed by atoms with Crippen molar-refractivity contribution in [1.82, 2.24) is 9.80 Å². The summed E-state index contributed by atoms with van der Waals surface area (Å²) in [5.74, 6) is 0. The summed E-state index contributed by atoms with van der Waals surface area (Å²) in [6, 6.07) is 8.16. The average Bonchev–Trinajstić information content (AvgIpc) is 2.33. The minimum absolute atomic E-state index is 0.362. The van der Waals surface area contributed by atoms with E-state index in [1.807, 2.05) is 12.1 Å². The number of β-amino-alcohol motifs (C(OH)–C–C–N with tert-alkyl or cyclic N) is 1. The van der Waals surface area contributed by atoms with Crippen LogP contribution in [0.3, 0.4) is 0 Å². The standard InChI is InChI=1S/C14H22N2O/c1-12-3-5-13(6-4-12)14(17)11-16-9-7-15(2)8-10-16/h3-6,14,17H,7-11H2,1-2H3. The highest BCUT2D eigenvalue weighted by Crippen LogP contribution is 2.15. The van der Waals surface area contributed by atoms with E-state index in [0.717, 1.165) is 38.3 Å². The number of aryl methyl sites for hydroxylation is 1. The first-order chi connectivity index (χ1) is 8.15. The maximum Gasteiger partial charge on any atom is 0.0916 e. The minimum Gasteiger partial charge on any atom is -0.387 e. The van der Waals surface area contributed by atoms with Crippen LogP contribution >= 0.6 is 0 Å². The van der Waals surface area contributed by atoms with Gasteiger partial charge in [0, 0.05) is 32.7 Å². The zero-order valence-electron chi connectivity index (χ0n) is 10.8. The first-order valence-corrected chi connectivity index (χ1v) is 6.30. The van der Waals surface area contributed by atoms with Crippen LogP contribution in [-0.2, 0) is 0 Å². The van der Waals surface area contributed by atoms with E-state index in [1.54, 1.807) is 0 Å². The second-order valence-electron chi connectivity index (χ2n) is 5.03. The molecule has 3 nitrogen and oxygen atoms in total. The predicted octanol–water partition coefficient (Wildman–Crippen LogP) is 1.28. The summed E-state index contributed by atoms with van der Waals surface area (Å²) in [5.41, 5.74) is 2.26. The molecule has 1 atom stereocenters. The van der Waals surface area contributed by atoms with Crippen molar-refractivity contribution in [2.45, 2.75) is 13.0 Å². The summed E-state index contributed by atoms with van der Waals surface area (Å²) in [6.45, 7) is 7.12. The van der Waals surface area contributed by atoms with Crippen molar-refractivity contribution in [3.05, 3.63) is 35.4 Å². The van der Waals surface area contributed by atoms with Crippen LogP contribution in [0.4, 0.5) is 0 Å². The molecule has 0 amide bonds. The number of nitrogens with zero attached hydrogens (tertiary/aromatic N) is 2. The van der Waals surface area contributed by atoms with Gasteiger partial charge in [0.25, 0.3) is 0 Å². The fourth-order valence-electron chi connectivity index (χ4n) is 2.17. The van der Waals surface area contributed by atoms with Gasteiger partial charge < -0.3 is 10.0 Å². The van der Waals surface area contributed by atoms with E-state index < -0.39 is 0 Å². The van der Waals surface area contributed by atoms with Gasteiger partial charge in [-0.1, -0.05) is 29.8 Å². The summed E-state index contributed by atoms with van der Waals surface area (Å²) in [7, 11) is 2.15. The van der Waals surface area contributed by atoms with Crippen molar-refractivity contribution < 1.29 is 5.11 Å². The fourth-order valence-corrected chi connectivity index (χ4v) is 2.17. The summed E-state index contributed by atoms with van der Waals surface area (Å²) >= 11 is 0. The molecule has 0 radical (unpaired) electrons. The van der Waals surface area contributed by atoms with E-state index >= 15 is 0 Å². The molecule has 1 fully saturated rings. The second kappa shape index (κ2) is 5.63. The molecule has 17 heavy (non-hydrogen) atoms. The quantitative estimate of drug-likeness (QED) is 0.853. The Hall–Kier alpha value is -0.900. The lowest BCUT2D eigenvalue weighted by Gasteiger charge is -2.33. The van der Waals surface area contributed by atoms with Gasteiger partial charge in [0.05, 0.1) is 6.10 Å². The van der Waals surface area contributed by atoms with Crippen LogP contribution in [0.2, 0.25) is 0 Å². The third kappa shape index (κ3) is 3.53. The number of piperazine rings is 1. The SMILES string of the molecule is Cc1ccc(C(O)CN2CCN(C)CC2)cc1. The summed E-state index contributed by atoms with van der Waals surface area (Å²) in [6.07, 6.45) is -0.362. The molecule has 1 aromatic carbocycles. The molecule has 94 valence electrons. The topological polar surface area (TPSA) is 26.7 Å². The number of aliphatic hydroxyl groups is 1. The maximum absolute atomic E-state index is 10.2. The average molecular weight is 234 g/mol. The van der Waals surface area contributed by atoms with Crippen LogP contribution in [0, 0.1) is 6.92 Å². The Morgan fingerprint density at radius 3 is 2.29 bits per heavy atom. The van der Waals surface area contributed by atoms with Gasteiger partial charge in [-0.25, -0.2) is 0 Å². The van der Waals surface area contributed by atoms with E-state index in [1.165, 1.54) is 5.56 Å². The van der Waals surface area contributed by atoms with Gasteiger partial charge in [-0.2, -0.15) is 0 Å². The van der Waals surface area contributed by atoms with E-state index in [-0.39, 0.29) is 6.10 Å². The molecule has 0 aromatic heterocycles. The molecule has 0 bridgehead atoms. The number of hydrogen-bond donors (Lipinski definition) is 1. The first kappa shape index (κ1) is 12.6. The molecule has 1 N–H and O–H groups in total. The second-order valence-corrected chi connectivity index (χ2v) is 5.03. The van der Waals surface area contributed by atoms with Crippen molar-refractivity contribution in [3.8, 4) is 0 Å². The molecular weight excluding hydrogens is 212 g/mol. The van der Waals surface area contributed by atoms with E-state index in [9.17, 15) is 5.11 Å². The maximum atomic E-state index is 10.2. The number of benzene rings is 1. The predicted molar refractivity (Wildman–Crippen MR) is 70.1 cm³/mol. The van der Waals surface area contributed by atoms with Crippen LogP contribution < -0.4 is 0 Å². The third-order valence-electron chi connectivity index (χ3n) is 3.49. The molecule has 2 rings (SSSR count). The molecule has 0 saturated carbocycles. The van der Waals surface area contributed by atoms with Crippen LogP contribution in [0.25, 0.3) is 0 Å². The van der Waals surface area contributed by atoms with Crippen LogP contribution in [0.15, 0.2) is 24.3 Å². The summed E-state index contributed by atoms with van der Waals surface area (Å²) in [4.78, 5) is 4.67. The lowest BCUT2D eigenvalue weighted by molar-refractivity contribution is 0.0805. The van der Waals surface area contributed by atoms with Crippen molar-refractivity contribution in [3.63, 3.8) is 0 Å². The summed E-state index contributed by atoms with van der Waals surface area (Å²) in [5, 5.41) is 10.2. The first-order valence-electron chi connectivity index (χ1n) is 6.30. The Morgan fingerprint density at radius 2 is 1.71 bits per heavy atom. The lowest BCUT2D eigenvalue weighted by Crippen LogP contribution is -2.45. The van der Waals surface area contributed by atoms with Gasteiger partial charge in [-0.15, -0.1) is 0 Å². The highest BCUT2D eigenvalue weighted by Gasteiger charge is 2.17. The number of likely N-dealkylation sites (N-methyl/N-ethyl adjacent to an activating group) is 1. The molecule has 1 aliphatic heterocycles.